The minimum atomic E-state index is -1.61. The van der Waals surface area contributed by atoms with Crippen molar-refractivity contribution in [1.29, 1.82) is 0 Å². The Morgan fingerprint density at radius 2 is 1.86 bits per heavy atom. The average molecular weight is 481 g/mol. The highest BCUT2D eigenvalue weighted by atomic mass is 16.6. The molecule has 2 fully saturated rings. The lowest BCUT2D eigenvalue weighted by Crippen LogP contribution is -2.47. The quantitative estimate of drug-likeness (QED) is 0.302. The van der Waals surface area contributed by atoms with Crippen LogP contribution >= 0.6 is 0 Å². The number of anilines is 2. The van der Waals surface area contributed by atoms with Crippen LogP contribution in [0.4, 0.5) is 11.8 Å². The van der Waals surface area contributed by atoms with Gasteiger partial charge in [-0.2, -0.15) is 0 Å². The highest BCUT2D eigenvalue weighted by molar-refractivity contribution is 5.82. The van der Waals surface area contributed by atoms with Crippen molar-refractivity contribution in [3.63, 3.8) is 0 Å². The molecule has 4 atom stereocenters. The summed E-state index contributed by atoms with van der Waals surface area (Å²) >= 11 is 0. The van der Waals surface area contributed by atoms with E-state index < -0.39 is 30.5 Å². The molecule has 2 saturated heterocycles. The fourth-order valence-electron chi connectivity index (χ4n) is 4.06. The number of nitrogens with zero attached hydrogens (tertiary/aromatic N) is 8. The summed E-state index contributed by atoms with van der Waals surface area (Å²) in [5.41, 5.74) is 6.48. The first-order chi connectivity index (χ1) is 16.9. The Labute approximate surface area is 199 Å². The van der Waals surface area contributed by atoms with Crippen molar-refractivity contribution in [2.75, 3.05) is 43.4 Å². The zero-order valence-electron chi connectivity index (χ0n) is 18.5. The Hall–Kier alpha value is -3.90. The number of carboxylic acids is 1. The van der Waals surface area contributed by atoms with Gasteiger partial charge in [0.15, 0.2) is 23.8 Å². The van der Waals surface area contributed by atoms with Crippen LogP contribution in [0.3, 0.4) is 0 Å². The van der Waals surface area contributed by atoms with Crippen molar-refractivity contribution in [2.24, 2.45) is 0 Å². The monoisotopic (exact) mass is 481 g/mol. The fraction of sp³-hybridized carbons (Fsp3) is 0.429. The number of ether oxygens (including phenoxy) is 1. The SMILES string of the molecule is Nc1nc(C#CCN2CCN(c3ncccn3)CC2)nc2c1ncn2C1OC(C(=O)O)C(O)C1O. The summed E-state index contributed by atoms with van der Waals surface area (Å²) < 4.78 is 6.67. The van der Waals surface area contributed by atoms with Crippen molar-refractivity contribution in [1.82, 2.24) is 34.4 Å². The van der Waals surface area contributed by atoms with Crippen molar-refractivity contribution in [2.45, 2.75) is 24.5 Å². The van der Waals surface area contributed by atoms with E-state index >= 15 is 0 Å². The average Bonchev–Trinajstić information content (AvgIpc) is 3.41. The number of aliphatic carboxylic acids is 1. The number of carboxylic acid groups (broad SMARTS) is 1. The second-order valence-corrected chi connectivity index (χ2v) is 8.14. The largest absolute Gasteiger partial charge is 0.479 e. The number of aliphatic hydroxyl groups is 2. The molecule has 3 aromatic heterocycles. The molecule has 14 nitrogen and oxygen atoms in total. The van der Waals surface area contributed by atoms with Crippen LogP contribution in [0, 0.1) is 11.8 Å². The number of piperazine rings is 1. The van der Waals surface area contributed by atoms with Gasteiger partial charge >= 0.3 is 5.97 Å². The lowest BCUT2D eigenvalue weighted by molar-refractivity contribution is -0.155. The molecule has 0 radical (unpaired) electrons. The molecule has 5 N–H and O–H groups in total. The van der Waals surface area contributed by atoms with Gasteiger partial charge < -0.3 is 30.7 Å². The molecule has 2 aliphatic rings. The van der Waals surface area contributed by atoms with Gasteiger partial charge in [0.05, 0.1) is 12.9 Å². The van der Waals surface area contributed by atoms with Crippen LogP contribution in [0.1, 0.15) is 12.1 Å². The van der Waals surface area contributed by atoms with E-state index in [4.69, 9.17) is 10.5 Å². The number of nitrogen functional groups attached to an aromatic ring is 1. The molecule has 0 bridgehead atoms. The topological polar surface area (TPSA) is 189 Å². The molecule has 0 aliphatic carbocycles. The Balaban J connectivity index is 1.29. The second kappa shape index (κ2) is 9.39. The molecule has 14 heteroatoms. The first-order valence-corrected chi connectivity index (χ1v) is 10.9. The van der Waals surface area contributed by atoms with Gasteiger partial charge in [-0.25, -0.2) is 29.7 Å². The summed E-state index contributed by atoms with van der Waals surface area (Å²) in [7, 11) is 0. The highest BCUT2D eigenvalue weighted by Crippen LogP contribution is 2.32. The van der Waals surface area contributed by atoms with E-state index in [2.05, 4.69) is 46.6 Å². The minimum Gasteiger partial charge on any atom is -0.479 e. The third-order valence-electron chi connectivity index (χ3n) is 5.91. The third kappa shape index (κ3) is 4.45. The smallest absolute Gasteiger partial charge is 0.335 e. The van der Waals surface area contributed by atoms with E-state index in [0.717, 1.165) is 26.2 Å². The van der Waals surface area contributed by atoms with Crippen molar-refractivity contribution >= 4 is 28.9 Å². The summed E-state index contributed by atoms with van der Waals surface area (Å²) in [6.45, 7) is 3.67. The number of carbonyl (C=O) groups is 1. The summed E-state index contributed by atoms with van der Waals surface area (Å²) in [6, 6.07) is 1.79. The molecule has 0 spiro atoms. The Morgan fingerprint density at radius 1 is 1.11 bits per heavy atom. The van der Waals surface area contributed by atoms with Gasteiger partial charge in [0.2, 0.25) is 11.8 Å². The van der Waals surface area contributed by atoms with E-state index in [-0.39, 0.29) is 22.8 Å². The normalized spacial score (nSPS) is 24.9. The molecule has 4 unspecified atom stereocenters. The van der Waals surface area contributed by atoms with E-state index in [1.807, 2.05) is 0 Å². The van der Waals surface area contributed by atoms with Gasteiger partial charge in [0.1, 0.15) is 17.7 Å². The van der Waals surface area contributed by atoms with Gasteiger partial charge in [-0.3, -0.25) is 9.47 Å². The van der Waals surface area contributed by atoms with E-state index in [1.54, 1.807) is 18.5 Å². The second-order valence-electron chi connectivity index (χ2n) is 8.14. The number of aliphatic hydroxyl groups excluding tert-OH is 2. The maximum atomic E-state index is 11.3. The zero-order chi connectivity index (χ0) is 24.5. The molecule has 0 saturated carbocycles. The van der Waals surface area contributed by atoms with Crippen LogP contribution in [0.15, 0.2) is 24.8 Å². The fourth-order valence-corrected chi connectivity index (χ4v) is 4.06. The van der Waals surface area contributed by atoms with Crippen molar-refractivity contribution in [3.8, 4) is 11.8 Å². The van der Waals surface area contributed by atoms with E-state index in [0.29, 0.717) is 12.5 Å². The molecule has 182 valence electrons. The van der Waals surface area contributed by atoms with Crippen LogP contribution in [-0.2, 0) is 9.53 Å². The number of imidazole rings is 1. The van der Waals surface area contributed by atoms with Gasteiger partial charge in [0, 0.05) is 38.6 Å². The Morgan fingerprint density at radius 3 is 2.54 bits per heavy atom. The van der Waals surface area contributed by atoms with Crippen LogP contribution in [-0.4, -0.2) is 107 Å². The molecule has 3 aromatic rings. The zero-order valence-corrected chi connectivity index (χ0v) is 18.5. The molecule has 5 heterocycles. The molecular weight excluding hydrogens is 458 g/mol. The van der Waals surface area contributed by atoms with Gasteiger partial charge in [-0.1, -0.05) is 5.92 Å². The molecule has 5 rings (SSSR count). The first kappa shape index (κ1) is 22.9. The van der Waals surface area contributed by atoms with Gasteiger partial charge in [0.25, 0.3) is 0 Å². The molecular formula is C21H23N9O5. The number of rotatable bonds is 4. The molecule has 35 heavy (non-hydrogen) atoms. The Kier molecular flexibility index (Phi) is 6.14. The van der Waals surface area contributed by atoms with E-state index in [1.165, 1.54) is 10.9 Å². The summed E-state index contributed by atoms with van der Waals surface area (Å²) in [6.07, 6.45) is -1.16. The van der Waals surface area contributed by atoms with Crippen molar-refractivity contribution < 1.29 is 24.9 Å². The lowest BCUT2D eigenvalue weighted by atomic mass is 10.1. The van der Waals surface area contributed by atoms with Crippen LogP contribution in [0.2, 0.25) is 0 Å². The maximum Gasteiger partial charge on any atom is 0.335 e. The number of hydrogen-bond acceptors (Lipinski definition) is 12. The van der Waals surface area contributed by atoms with Gasteiger partial charge in [-0.05, 0) is 12.0 Å². The van der Waals surface area contributed by atoms with E-state index in [9.17, 15) is 20.1 Å². The van der Waals surface area contributed by atoms with Crippen LogP contribution in [0.25, 0.3) is 11.2 Å². The molecule has 0 amide bonds. The maximum absolute atomic E-state index is 11.3. The minimum absolute atomic E-state index is 0.0809. The lowest BCUT2D eigenvalue weighted by Gasteiger charge is -2.33. The standard InChI is InChI=1S/C21H23N9O5/c22-17-13-18(30(11-25-13)19-15(32)14(31)16(35-19)20(33)34)27-12(26-17)3-1-6-28-7-9-29(10-8-28)21-23-4-2-5-24-21/h2,4-5,11,14-16,19,31-32H,6-10H2,(H,33,34)(H2,22,26,27). The molecule has 0 aromatic carbocycles. The van der Waals surface area contributed by atoms with Crippen LogP contribution < -0.4 is 10.6 Å². The third-order valence-corrected chi connectivity index (χ3v) is 5.91. The summed E-state index contributed by atoms with van der Waals surface area (Å²) in [5, 5.41) is 29.5. The summed E-state index contributed by atoms with van der Waals surface area (Å²) in [5.74, 6) is 5.51. The van der Waals surface area contributed by atoms with Crippen LogP contribution in [0.5, 0.6) is 0 Å². The van der Waals surface area contributed by atoms with Crippen molar-refractivity contribution in [3.05, 3.63) is 30.6 Å². The predicted octanol–water partition coefficient (Wildman–Crippen LogP) is -1.92. The number of aromatic nitrogens is 6. The predicted molar refractivity (Wildman–Crippen MR) is 121 cm³/mol. The Bertz CT molecular complexity index is 1280. The summed E-state index contributed by atoms with van der Waals surface area (Å²) in [4.78, 5) is 36.9. The highest BCUT2D eigenvalue weighted by Gasteiger charge is 2.48. The number of hydrogen-bond donors (Lipinski definition) is 4. The van der Waals surface area contributed by atoms with Gasteiger partial charge in [-0.15, -0.1) is 0 Å². The molecule has 2 aliphatic heterocycles. The first-order valence-electron chi connectivity index (χ1n) is 10.9. The number of fused-ring (bicyclic) bond motifs is 1. The number of nitrogens with two attached hydrogens (primary N) is 1.